The van der Waals surface area contributed by atoms with E-state index in [-0.39, 0.29) is 18.3 Å². The van der Waals surface area contributed by atoms with Gasteiger partial charge in [0.25, 0.3) is 5.91 Å². The maximum Gasteiger partial charge on any atom is 0.253 e. The Kier molecular flexibility index (Phi) is 6.41. The fraction of sp³-hybridized carbons (Fsp3) is 0.353. The number of methoxy groups -OCH3 is 2. The summed E-state index contributed by atoms with van der Waals surface area (Å²) in [5.41, 5.74) is 0.675. The molecule has 0 radical (unpaired) electrons. The second-order valence-corrected chi connectivity index (χ2v) is 5.44. The number of hydrogen-bond acceptors (Lipinski definition) is 6. The van der Waals surface area contributed by atoms with Crippen LogP contribution in [-0.4, -0.2) is 61.4 Å². The lowest BCUT2D eigenvalue weighted by atomic mass is 10.1. The summed E-state index contributed by atoms with van der Waals surface area (Å²) in [4.78, 5) is 16.5. The van der Waals surface area contributed by atoms with Gasteiger partial charge in [0.2, 0.25) is 5.88 Å². The van der Waals surface area contributed by atoms with Crippen LogP contribution in [0.1, 0.15) is 10.4 Å². The molecule has 0 unspecified atom stereocenters. The molecule has 0 atom stereocenters. The van der Waals surface area contributed by atoms with E-state index in [2.05, 4.69) is 15.1 Å². The first kappa shape index (κ1) is 18.8. The number of carbonyl (C=O) groups excluding carboxylic acids is 1. The van der Waals surface area contributed by atoms with Gasteiger partial charge in [-0.1, -0.05) is 0 Å². The Morgan fingerprint density at radius 2 is 1.60 bits per heavy atom. The van der Waals surface area contributed by atoms with Crippen LogP contribution in [0.3, 0.4) is 0 Å². The Hall–Kier alpha value is -2.54. The van der Waals surface area contributed by atoms with Crippen LogP contribution in [0, 0.1) is 0 Å². The number of anilines is 1. The van der Waals surface area contributed by atoms with Gasteiger partial charge in [-0.05, 0) is 30.3 Å². The number of amides is 1. The summed E-state index contributed by atoms with van der Waals surface area (Å²) >= 11 is 0. The monoisotopic (exact) mass is 364 g/mol. The van der Waals surface area contributed by atoms with Gasteiger partial charge in [-0.3, -0.25) is 4.79 Å². The fourth-order valence-electron chi connectivity index (χ4n) is 2.65. The second kappa shape index (κ2) is 8.53. The molecule has 1 aliphatic heterocycles. The summed E-state index contributed by atoms with van der Waals surface area (Å²) in [5, 5.41) is 8.14. The van der Waals surface area contributed by atoms with E-state index in [1.54, 1.807) is 44.6 Å². The van der Waals surface area contributed by atoms with Crippen LogP contribution in [0.25, 0.3) is 0 Å². The number of ether oxygens (including phenoxy) is 2. The molecule has 1 aromatic carbocycles. The van der Waals surface area contributed by atoms with Gasteiger partial charge < -0.3 is 19.3 Å². The molecule has 7 nitrogen and oxygen atoms in total. The molecule has 8 heteroatoms. The largest absolute Gasteiger partial charge is 0.497 e. The lowest BCUT2D eigenvalue weighted by Crippen LogP contribution is -2.49. The normalized spacial score (nSPS) is 13.8. The fourth-order valence-corrected chi connectivity index (χ4v) is 2.65. The molecule has 1 aromatic heterocycles. The Balaban J connectivity index is 0.00000225. The third-order valence-corrected chi connectivity index (χ3v) is 4.06. The predicted molar refractivity (Wildman–Crippen MR) is 96.9 cm³/mol. The van der Waals surface area contributed by atoms with Gasteiger partial charge in [-0.25, -0.2) is 0 Å². The van der Waals surface area contributed by atoms with Crippen molar-refractivity contribution < 1.29 is 14.3 Å². The topological polar surface area (TPSA) is 67.8 Å². The molecule has 1 fully saturated rings. The average molecular weight is 365 g/mol. The van der Waals surface area contributed by atoms with Crippen molar-refractivity contribution in [1.82, 2.24) is 15.1 Å². The Bertz CT molecular complexity index is 686. The number of hydrogen-bond donors (Lipinski definition) is 0. The standard InChI is InChI=1S/C17H20N4O3.ClH/c1-23-14-5-3-13(4-6-14)17(22)21-11-9-20(10-12-21)15-7-8-16(24-2)19-18-15;/h3-8H,9-12H2,1-2H3;1H. The van der Waals surface area contributed by atoms with Crippen LogP contribution in [-0.2, 0) is 0 Å². The van der Waals surface area contributed by atoms with Gasteiger partial charge in [-0.2, -0.15) is 0 Å². The third-order valence-electron chi connectivity index (χ3n) is 4.06. The summed E-state index contributed by atoms with van der Waals surface area (Å²) in [7, 11) is 3.17. The maximum absolute atomic E-state index is 12.5. The minimum absolute atomic E-state index is 0. The first-order valence-electron chi connectivity index (χ1n) is 7.77. The number of halogens is 1. The molecule has 0 N–H and O–H groups in total. The van der Waals surface area contributed by atoms with E-state index in [9.17, 15) is 4.79 Å². The summed E-state index contributed by atoms with van der Waals surface area (Å²) < 4.78 is 10.1. The number of nitrogens with zero attached hydrogens (tertiary/aromatic N) is 4. The molecule has 0 bridgehead atoms. The molecule has 1 saturated heterocycles. The zero-order valence-corrected chi connectivity index (χ0v) is 15.0. The number of benzene rings is 1. The molecule has 2 aromatic rings. The minimum atomic E-state index is 0. The summed E-state index contributed by atoms with van der Waals surface area (Å²) in [5.74, 6) is 2.08. The molecular formula is C17H21ClN4O3. The van der Waals surface area contributed by atoms with Crippen molar-refractivity contribution in [2.24, 2.45) is 0 Å². The van der Waals surface area contributed by atoms with Gasteiger partial charge >= 0.3 is 0 Å². The Morgan fingerprint density at radius 1 is 0.920 bits per heavy atom. The molecule has 2 heterocycles. The smallest absolute Gasteiger partial charge is 0.253 e. The van der Waals surface area contributed by atoms with Crippen molar-refractivity contribution in [1.29, 1.82) is 0 Å². The number of carbonyl (C=O) groups is 1. The van der Waals surface area contributed by atoms with Crippen molar-refractivity contribution in [2.45, 2.75) is 0 Å². The zero-order valence-electron chi connectivity index (χ0n) is 14.2. The van der Waals surface area contributed by atoms with E-state index in [0.29, 0.717) is 24.5 Å². The van der Waals surface area contributed by atoms with Crippen LogP contribution in [0.5, 0.6) is 11.6 Å². The zero-order chi connectivity index (χ0) is 16.9. The van der Waals surface area contributed by atoms with E-state index < -0.39 is 0 Å². The third kappa shape index (κ3) is 4.30. The van der Waals surface area contributed by atoms with E-state index in [1.807, 2.05) is 11.0 Å². The molecule has 134 valence electrons. The maximum atomic E-state index is 12.5. The lowest BCUT2D eigenvalue weighted by molar-refractivity contribution is 0.0746. The summed E-state index contributed by atoms with van der Waals surface area (Å²) in [6.45, 7) is 2.75. The lowest BCUT2D eigenvalue weighted by Gasteiger charge is -2.35. The number of aromatic nitrogens is 2. The van der Waals surface area contributed by atoms with Crippen molar-refractivity contribution in [3.8, 4) is 11.6 Å². The van der Waals surface area contributed by atoms with Gasteiger partial charge in [0, 0.05) is 37.8 Å². The quantitative estimate of drug-likeness (QED) is 0.825. The van der Waals surface area contributed by atoms with Crippen LogP contribution in [0.2, 0.25) is 0 Å². The first-order valence-corrected chi connectivity index (χ1v) is 7.77. The first-order chi connectivity index (χ1) is 11.7. The van der Waals surface area contributed by atoms with Gasteiger partial charge in [0.05, 0.1) is 14.2 Å². The Morgan fingerprint density at radius 3 is 2.12 bits per heavy atom. The predicted octanol–water partition coefficient (Wildman–Crippen LogP) is 1.88. The van der Waals surface area contributed by atoms with Crippen molar-refractivity contribution in [2.75, 3.05) is 45.3 Å². The van der Waals surface area contributed by atoms with Crippen LogP contribution >= 0.6 is 12.4 Å². The van der Waals surface area contributed by atoms with Crippen LogP contribution in [0.15, 0.2) is 36.4 Å². The number of piperazine rings is 1. The molecule has 1 amide bonds. The molecule has 3 rings (SSSR count). The highest BCUT2D eigenvalue weighted by Gasteiger charge is 2.23. The van der Waals surface area contributed by atoms with Crippen molar-refractivity contribution in [3.05, 3.63) is 42.0 Å². The van der Waals surface area contributed by atoms with E-state index in [0.717, 1.165) is 24.7 Å². The molecule has 25 heavy (non-hydrogen) atoms. The summed E-state index contributed by atoms with van der Waals surface area (Å²) in [6.07, 6.45) is 0. The molecule has 0 saturated carbocycles. The highest BCUT2D eigenvalue weighted by atomic mass is 35.5. The van der Waals surface area contributed by atoms with Crippen molar-refractivity contribution in [3.63, 3.8) is 0 Å². The van der Waals surface area contributed by atoms with Gasteiger partial charge in [-0.15, -0.1) is 22.6 Å². The van der Waals surface area contributed by atoms with Crippen molar-refractivity contribution >= 4 is 24.1 Å². The summed E-state index contributed by atoms with van der Waals surface area (Å²) in [6, 6.07) is 10.9. The molecule has 1 aliphatic rings. The molecule has 0 aliphatic carbocycles. The minimum Gasteiger partial charge on any atom is -0.497 e. The van der Waals surface area contributed by atoms with E-state index in [4.69, 9.17) is 9.47 Å². The second-order valence-electron chi connectivity index (χ2n) is 5.44. The highest BCUT2D eigenvalue weighted by molar-refractivity contribution is 5.94. The highest BCUT2D eigenvalue weighted by Crippen LogP contribution is 2.17. The Labute approximate surface area is 153 Å². The van der Waals surface area contributed by atoms with E-state index >= 15 is 0 Å². The SMILES string of the molecule is COc1ccc(C(=O)N2CCN(c3ccc(OC)nn3)CC2)cc1.Cl. The van der Waals surface area contributed by atoms with Gasteiger partial charge in [0.1, 0.15) is 5.75 Å². The van der Waals surface area contributed by atoms with Gasteiger partial charge in [0.15, 0.2) is 5.82 Å². The molecule has 0 spiro atoms. The molecular weight excluding hydrogens is 344 g/mol. The average Bonchev–Trinajstić information content (AvgIpc) is 2.68. The van der Waals surface area contributed by atoms with E-state index in [1.165, 1.54) is 0 Å². The van der Waals surface area contributed by atoms with Crippen LogP contribution < -0.4 is 14.4 Å². The van der Waals surface area contributed by atoms with Crippen LogP contribution in [0.4, 0.5) is 5.82 Å². The number of rotatable bonds is 4.